The molecular weight excluding hydrogens is 246 g/mol. The number of morpholine rings is 1. The number of anilines is 1. The number of pyridine rings is 1. The van der Waals surface area contributed by atoms with E-state index >= 15 is 0 Å². The van der Waals surface area contributed by atoms with Gasteiger partial charge in [0, 0.05) is 19.6 Å². The van der Waals surface area contributed by atoms with Crippen LogP contribution in [0.1, 0.15) is 0 Å². The molecule has 0 aliphatic carbocycles. The van der Waals surface area contributed by atoms with E-state index in [1.807, 2.05) is 12.5 Å². The SMILES string of the molecule is CSc1ccc(N2CCO[C@@H](CN(C)C)C2)cn1. The smallest absolute Gasteiger partial charge is 0.0958 e. The van der Waals surface area contributed by atoms with Crippen LogP contribution < -0.4 is 4.90 Å². The van der Waals surface area contributed by atoms with Crippen molar-refractivity contribution in [2.24, 2.45) is 0 Å². The second kappa shape index (κ2) is 6.41. The largest absolute Gasteiger partial charge is 0.373 e. The number of likely N-dealkylation sites (N-methyl/N-ethyl adjacent to an activating group) is 1. The van der Waals surface area contributed by atoms with Gasteiger partial charge in [0.15, 0.2) is 0 Å². The monoisotopic (exact) mass is 267 g/mol. The highest BCUT2D eigenvalue weighted by Gasteiger charge is 2.21. The second-order valence-corrected chi connectivity index (χ2v) is 5.59. The average molecular weight is 267 g/mol. The molecular formula is C13H21N3OS. The summed E-state index contributed by atoms with van der Waals surface area (Å²) in [5.41, 5.74) is 1.19. The fraction of sp³-hybridized carbons (Fsp3) is 0.615. The second-order valence-electron chi connectivity index (χ2n) is 4.76. The number of hydrogen-bond donors (Lipinski definition) is 0. The van der Waals surface area contributed by atoms with Gasteiger partial charge in [-0.05, 0) is 32.5 Å². The highest BCUT2D eigenvalue weighted by Crippen LogP contribution is 2.20. The van der Waals surface area contributed by atoms with Crippen LogP contribution in [0, 0.1) is 0 Å². The van der Waals surface area contributed by atoms with Gasteiger partial charge in [0.05, 0.1) is 29.6 Å². The zero-order valence-corrected chi connectivity index (χ0v) is 12.1. The zero-order chi connectivity index (χ0) is 13.0. The molecule has 2 rings (SSSR count). The Morgan fingerprint density at radius 3 is 2.94 bits per heavy atom. The summed E-state index contributed by atoms with van der Waals surface area (Å²) < 4.78 is 5.78. The van der Waals surface area contributed by atoms with E-state index in [9.17, 15) is 0 Å². The fourth-order valence-corrected chi connectivity index (χ4v) is 2.51. The summed E-state index contributed by atoms with van der Waals surface area (Å²) in [4.78, 5) is 8.95. The molecule has 1 fully saturated rings. The molecule has 1 atom stereocenters. The van der Waals surface area contributed by atoms with Crippen LogP contribution in [-0.2, 0) is 4.74 Å². The standard InChI is InChI=1S/C13H21N3OS/c1-15(2)9-12-10-16(6-7-17-12)11-4-5-13(18-3)14-8-11/h4-5,8,12H,6-7,9-10H2,1-3H3/t12-/m0/s1. The van der Waals surface area contributed by atoms with E-state index in [0.717, 1.165) is 31.3 Å². The first-order chi connectivity index (χ1) is 8.69. The van der Waals surface area contributed by atoms with Crippen molar-refractivity contribution in [3.63, 3.8) is 0 Å². The van der Waals surface area contributed by atoms with Gasteiger partial charge in [0.25, 0.3) is 0 Å². The molecule has 5 heteroatoms. The Hall–Kier alpha value is -0.780. The van der Waals surface area contributed by atoms with Crippen LogP contribution in [0.4, 0.5) is 5.69 Å². The quantitative estimate of drug-likeness (QED) is 0.772. The molecule has 0 radical (unpaired) electrons. The minimum absolute atomic E-state index is 0.286. The van der Waals surface area contributed by atoms with Gasteiger partial charge in [-0.1, -0.05) is 0 Å². The first-order valence-corrected chi connectivity index (χ1v) is 7.43. The average Bonchev–Trinajstić information content (AvgIpc) is 2.38. The van der Waals surface area contributed by atoms with Crippen LogP contribution in [0.3, 0.4) is 0 Å². The molecule has 18 heavy (non-hydrogen) atoms. The molecule has 0 aromatic carbocycles. The Morgan fingerprint density at radius 1 is 1.50 bits per heavy atom. The number of ether oxygens (including phenoxy) is 1. The van der Waals surface area contributed by atoms with Gasteiger partial charge in [-0.25, -0.2) is 4.98 Å². The number of thioether (sulfide) groups is 1. The maximum atomic E-state index is 5.78. The molecule has 0 unspecified atom stereocenters. The van der Waals surface area contributed by atoms with Crippen LogP contribution in [0.2, 0.25) is 0 Å². The maximum Gasteiger partial charge on any atom is 0.0958 e. The normalized spacial score (nSPS) is 20.4. The number of hydrogen-bond acceptors (Lipinski definition) is 5. The minimum atomic E-state index is 0.286. The Kier molecular flexibility index (Phi) is 4.86. The molecule has 0 saturated carbocycles. The van der Waals surface area contributed by atoms with Crippen molar-refractivity contribution in [2.45, 2.75) is 11.1 Å². The van der Waals surface area contributed by atoms with Crippen molar-refractivity contribution >= 4 is 17.4 Å². The molecule has 1 saturated heterocycles. The Labute approximate surface area is 113 Å². The summed E-state index contributed by atoms with van der Waals surface area (Å²) in [7, 11) is 4.16. The summed E-state index contributed by atoms with van der Waals surface area (Å²) >= 11 is 1.67. The topological polar surface area (TPSA) is 28.6 Å². The molecule has 1 aliphatic heterocycles. The van der Waals surface area contributed by atoms with Crippen LogP contribution >= 0.6 is 11.8 Å². The Balaban J connectivity index is 1.98. The van der Waals surface area contributed by atoms with Crippen molar-refractivity contribution in [1.29, 1.82) is 0 Å². The summed E-state index contributed by atoms with van der Waals surface area (Å²) in [6.07, 6.45) is 4.29. The van der Waals surface area contributed by atoms with Gasteiger partial charge in [-0.3, -0.25) is 0 Å². The number of rotatable bonds is 4. The third-order valence-corrected chi connectivity index (χ3v) is 3.66. The molecule has 0 N–H and O–H groups in total. The van der Waals surface area contributed by atoms with E-state index in [0.29, 0.717) is 0 Å². The minimum Gasteiger partial charge on any atom is -0.373 e. The van der Waals surface area contributed by atoms with Crippen molar-refractivity contribution in [3.8, 4) is 0 Å². The van der Waals surface area contributed by atoms with Crippen LogP contribution in [-0.4, -0.2) is 62.6 Å². The first-order valence-electron chi connectivity index (χ1n) is 6.20. The fourth-order valence-electron chi connectivity index (χ4n) is 2.15. The molecule has 1 aliphatic rings. The predicted octanol–water partition coefficient (Wildman–Crippen LogP) is 1.57. The van der Waals surface area contributed by atoms with Gasteiger partial charge in [0.2, 0.25) is 0 Å². The third-order valence-electron chi connectivity index (χ3n) is 3.00. The van der Waals surface area contributed by atoms with E-state index < -0.39 is 0 Å². The predicted molar refractivity (Wildman–Crippen MR) is 76.5 cm³/mol. The van der Waals surface area contributed by atoms with E-state index in [1.165, 1.54) is 5.69 Å². The van der Waals surface area contributed by atoms with Gasteiger partial charge in [-0.15, -0.1) is 11.8 Å². The molecule has 100 valence electrons. The number of nitrogens with zero attached hydrogens (tertiary/aromatic N) is 3. The highest BCUT2D eigenvalue weighted by atomic mass is 32.2. The van der Waals surface area contributed by atoms with Crippen LogP contribution in [0.15, 0.2) is 23.4 Å². The van der Waals surface area contributed by atoms with E-state index in [-0.39, 0.29) is 6.10 Å². The van der Waals surface area contributed by atoms with Crippen LogP contribution in [0.5, 0.6) is 0 Å². The molecule has 0 amide bonds. The molecule has 4 nitrogen and oxygen atoms in total. The van der Waals surface area contributed by atoms with Gasteiger partial charge >= 0.3 is 0 Å². The van der Waals surface area contributed by atoms with Crippen molar-refractivity contribution in [2.75, 3.05) is 51.5 Å². The van der Waals surface area contributed by atoms with Crippen LogP contribution in [0.25, 0.3) is 0 Å². The van der Waals surface area contributed by atoms with Gasteiger partial charge < -0.3 is 14.5 Å². The van der Waals surface area contributed by atoms with Crippen molar-refractivity contribution in [1.82, 2.24) is 9.88 Å². The summed E-state index contributed by atoms with van der Waals surface area (Å²) in [5, 5.41) is 1.07. The molecule has 0 bridgehead atoms. The van der Waals surface area contributed by atoms with E-state index in [4.69, 9.17) is 4.74 Å². The third kappa shape index (κ3) is 3.60. The summed E-state index contributed by atoms with van der Waals surface area (Å²) in [5.74, 6) is 0. The first kappa shape index (κ1) is 13.6. The lowest BCUT2D eigenvalue weighted by Gasteiger charge is -2.35. The van der Waals surface area contributed by atoms with E-state index in [1.54, 1.807) is 11.8 Å². The van der Waals surface area contributed by atoms with Gasteiger partial charge in [0.1, 0.15) is 0 Å². The lowest BCUT2D eigenvalue weighted by Crippen LogP contribution is -2.46. The van der Waals surface area contributed by atoms with Gasteiger partial charge in [-0.2, -0.15) is 0 Å². The van der Waals surface area contributed by atoms with Crippen molar-refractivity contribution in [3.05, 3.63) is 18.3 Å². The Bertz CT molecular complexity index is 369. The summed E-state index contributed by atoms with van der Waals surface area (Å²) in [6.45, 7) is 3.65. The summed E-state index contributed by atoms with van der Waals surface area (Å²) in [6, 6.07) is 4.23. The molecule has 2 heterocycles. The zero-order valence-electron chi connectivity index (χ0n) is 11.3. The number of aromatic nitrogens is 1. The maximum absolute atomic E-state index is 5.78. The molecule has 1 aromatic heterocycles. The molecule has 1 aromatic rings. The van der Waals surface area contributed by atoms with Crippen molar-refractivity contribution < 1.29 is 4.74 Å². The lowest BCUT2D eigenvalue weighted by atomic mass is 10.2. The van der Waals surface area contributed by atoms with E-state index in [2.05, 4.69) is 41.0 Å². The lowest BCUT2D eigenvalue weighted by molar-refractivity contribution is 0.0247. The highest BCUT2D eigenvalue weighted by molar-refractivity contribution is 7.98. The molecule has 0 spiro atoms. The Morgan fingerprint density at radius 2 is 2.33 bits per heavy atom.